The van der Waals surface area contributed by atoms with Gasteiger partial charge in [0.2, 0.25) is 0 Å². The van der Waals surface area contributed by atoms with E-state index in [-0.39, 0.29) is 18.3 Å². The average Bonchev–Trinajstić information content (AvgIpc) is 2.36. The first kappa shape index (κ1) is 16.1. The number of benzene rings is 1. The predicted molar refractivity (Wildman–Crippen MR) is 72.5 cm³/mol. The van der Waals surface area contributed by atoms with Gasteiger partial charge in [0, 0.05) is 6.61 Å². The topological polar surface area (TPSA) is 72.8 Å². The average molecular weight is 288 g/mol. The number of hydrogen-bond donors (Lipinski definition) is 1. The van der Waals surface area contributed by atoms with Crippen LogP contribution in [0.3, 0.4) is 0 Å². The van der Waals surface area contributed by atoms with Crippen molar-refractivity contribution in [1.82, 2.24) is 0 Å². The van der Waals surface area contributed by atoms with E-state index in [0.29, 0.717) is 19.8 Å². The van der Waals surface area contributed by atoms with Crippen LogP contribution in [0.2, 0.25) is 0 Å². The molecule has 0 aromatic heterocycles. The summed E-state index contributed by atoms with van der Waals surface area (Å²) in [6.07, 6.45) is 0.218. The van der Waals surface area contributed by atoms with E-state index in [1.54, 1.807) is 0 Å². The molecule has 0 fully saturated rings. The zero-order valence-corrected chi connectivity index (χ0v) is 11.8. The van der Waals surface area contributed by atoms with Gasteiger partial charge < -0.3 is 9.47 Å². The smallest absolute Gasteiger partial charge is 0.264 e. The Bertz CT molecular complexity index is 443. The van der Waals surface area contributed by atoms with Gasteiger partial charge in [-0.3, -0.25) is 4.55 Å². The van der Waals surface area contributed by atoms with Gasteiger partial charge in [0.05, 0.1) is 25.1 Å². The molecule has 0 unspecified atom stereocenters. The molecule has 0 saturated carbocycles. The summed E-state index contributed by atoms with van der Waals surface area (Å²) in [5, 5.41) is 0. The van der Waals surface area contributed by atoms with Crippen molar-refractivity contribution >= 4 is 10.1 Å². The molecule has 0 bridgehead atoms. The first-order valence-electron chi connectivity index (χ1n) is 6.16. The molecule has 6 heteroatoms. The maximum Gasteiger partial charge on any atom is 0.264 e. The molecule has 0 amide bonds. The fourth-order valence-corrected chi connectivity index (χ4v) is 1.94. The SMILES string of the molecule is C[C@@H](COCCCS(=O)(=O)O)OCc1ccccc1. The summed E-state index contributed by atoms with van der Waals surface area (Å²) in [5.41, 5.74) is 1.10. The zero-order chi connectivity index (χ0) is 14.1. The van der Waals surface area contributed by atoms with Crippen molar-refractivity contribution in [2.45, 2.75) is 26.1 Å². The van der Waals surface area contributed by atoms with Crippen LogP contribution < -0.4 is 0 Å². The third-order valence-electron chi connectivity index (χ3n) is 2.42. The van der Waals surface area contributed by atoms with E-state index in [0.717, 1.165) is 5.56 Å². The lowest BCUT2D eigenvalue weighted by molar-refractivity contribution is -0.0144. The summed E-state index contributed by atoms with van der Waals surface area (Å²) in [5.74, 6) is -0.272. The first-order chi connectivity index (χ1) is 8.97. The van der Waals surface area contributed by atoms with E-state index in [1.807, 2.05) is 37.3 Å². The predicted octanol–water partition coefficient (Wildman–Crippen LogP) is 1.89. The monoisotopic (exact) mass is 288 g/mol. The summed E-state index contributed by atoms with van der Waals surface area (Å²) >= 11 is 0. The van der Waals surface area contributed by atoms with Gasteiger partial charge in [-0.2, -0.15) is 8.42 Å². The van der Waals surface area contributed by atoms with E-state index in [9.17, 15) is 8.42 Å². The second-order valence-corrected chi connectivity index (χ2v) is 5.89. The van der Waals surface area contributed by atoms with Crippen LogP contribution in [-0.4, -0.2) is 38.0 Å². The minimum Gasteiger partial charge on any atom is -0.379 e. The van der Waals surface area contributed by atoms with Crippen LogP contribution in [0.15, 0.2) is 30.3 Å². The van der Waals surface area contributed by atoms with E-state index >= 15 is 0 Å². The van der Waals surface area contributed by atoms with Gasteiger partial charge in [-0.15, -0.1) is 0 Å². The van der Waals surface area contributed by atoms with E-state index in [2.05, 4.69) is 0 Å². The molecule has 1 aromatic carbocycles. The van der Waals surface area contributed by atoms with Gasteiger partial charge in [0.25, 0.3) is 10.1 Å². The largest absolute Gasteiger partial charge is 0.379 e. The highest BCUT2D eigenvalue weighted by Gasteiger charge is 2.05. The summed E-state index contributed by atoms with van der Waals surface area (Å²) in [6.45, 7) is 3.11. The van der Waals surface area contributed by atoms with Crippen molar-refractivity contribution in [3.63, 3.8) is 0 Å². The molecule has 0 heterocycles. The molecule has 5 nitrogen and oxygen atoms in total. The fourth-order valence-electron chi connectivity index (χ4n) is 1.45. The molecule has 0 aliphatic rings. The highest BCUT2D eigenvalue weighted by atomic mass is 32.2. The Kier molecular flexibility index (Phi) is 7.01. The summed E-state index contributed by atoms with van der Waals surface area (Å²) < 4.78 is 40.3. The molecule has 19 heavy (non-hydrogen) atoms. The van der Waals surface area contributed by atoms with E-state index < -0.39 is 10.1 Å². The van der Waals surface area contributed by atoms with Crippen molar-refractivity contribution in [3.8, 4) is 0 Å². The van der Waals surface area contributed by atoms with E-state index in [1.165, 1.54) is 0 Å². The van der Waals surface area contributed by atoms with Crippen LogP contribution in [0.4, 0.5) is 0 Å². The zero-order valence-electron chi connectivity index (χ0n) is 11.0. The lowest BCUT2D eigenvalue weighted by atomic mass is 10.2. The standard InChI is InChI=1S/C13H20O5S/c1-12(10-17-8-5-9-19(14,15)16)18-11-13-6-3-2-4-7-13/h2-4,6-7,12H,5,8-11H2,1H3,(H,14,15,16)/t12-/m0/s1. The lowest BCUT2D eigenvalue weighted by Crippen LogP contribution is -2.17. The van der Waals surface area contributed by atoms with E-state index in [4.69, 9.17) is 14.0 Å². The second-order valence-electron chi connectivity index (χ2n) is 4.32. The van der Waals surface area contributed by atoms with Gasteiger partial charge in [0.1, 0.15) is 0 Å². The number of rotatable bonds is 9. The molecule has 0 aliphatic carbocycles. The molecule has 0 saturated heterocycles. The van der Waals surface area contributed by atoms with Crippen molar-refractivity contribution in [3.05, 3.63) is 35.9 Å². The molecule has 1 N–H and O–H groups in total. The van der Waals surface area contributed by atoms with Gasteiger partial charge >= 0.3 is 0 Å². The Morgan fingerprint density at radius 3 is 2.58 bits per heavy atom. The Hall–Kier alpha value is -0.950. The molecule has 0 spiro atoms. The fraction of sp³-hybridized carbons (Fsp3) is 0.538. The van der Waals surface area contributed by atoms with Gasteiger partial charge in [-0.1, -0.05) is 30.3 Å². The molecule has 0 aliphatic heterocycles. The van der Waals surface area contributed by atoms with Crippen LogP contribution in [0.25, 0.3) is 0 Å². The van der Waals surface area contributed by atoms with Gasteiger partial charge in [0.15, 0.2) is 0 Å². The molecule has 1 aromatic rings. The Labute approximate surface area is 114 Å². The molecule has 108 valence electrons. The Balaban J connectivity index is 2.07. The number of ether oxygens (including phenoxy) is 2. The summed E-state index contributed by atoms with van der Waals surface area (Å²) in [4.78, 5) is 0. The first-order valence-corrected chi connectivity index (χ1v) is 7.77. The molecule has 0 radical (unpaired) electrons. The Morgan fingerprint density at radius 2 is 1.95 bits per heavy atom. The quantitative estimate of drug-likeness (QED) is 0.555. The van der Waals surface area contributed by atoms with Gasteiger partial charge in [-0.25, -0.2) is 0 Å². The minimum atomic E-state index is -3.88. The van der Waals surface area contributed by atoms with Gasteiger partial charge in [-0.05, 0) is 18.9 Å². The molecular weight excluding hydrogens is 268 g/mol. The van der Waals surface area contributed by atoms with Crippen LogP contribution in [0.5, 0.6) is 0 Å². The maximum absolute atomic E-state index is 10.5. The maximum atomic E-state index is 10.5. The second kappa shape index (κ2) is 8.27. The van der Waals surface area contributed by atoms with Crippen molar-refractivity contribution in [2.24, 2.45) is 0 Å². The van der Waals surface area contributed by atoms with Crippen LogP contribution in [-0.2, 0) is 26.2 Å². The summed E-state index contributed by atoms with van der Waals surface area (Å²) in [7, 11) is -3.88. The molecule has 1 atom stereocenters. The van der Waals surface area contributed by atoms with Crippen LogP contribution in [0, 0.1) is 0 Å². The van der Waals surface area contributed by atoms with Crippen molar-refractivity contribution in [1.29, 1.82) is 0 Å². The van der Waals surface area contributed by atoms with Crippen molar-refractivity contribution in [2.75, 3.05) is 19.0 Å². The third kappa shape index (κ3) is 8.72. The summed E-state index contributed by atoms with van der Waals surface area (Å²) in [6, 6.07) is 9.83. The lowest BCUT2D eigenvalue weighted by Gasteiger charge is -2.13. The molecule has 1 rings (SSSR count). The number of hydrogen-bond acceptors (Lipinski definition) is 4. The van der Waals surface area contributed by atoms with Crippen LogP contribution >= 0.6 is 0 Å². The highest BCUT2D eigenvalue weighted by molar-refractivity contribution is 7.85. The molecular formula is C13H20O5S. The minimum absolute atomic E-state index is 0.0639. The normalized spacial score (nSPS) is 13.4. The van der Waals surface area contributed by atoms with Crippen molar-refractivity contribution < 1.29 is 22.4 Å². The van der Waals surface area contributed by atoms with Crippen LogP contribution in [0.1, 0.15) is 18.9 Å². The third-order valence-corrected chi connectivity index (χ3v) is 3.23. The highest BCUT2D eigenvalue weighted by Crippen LogP contribution is 2.03. The Morgan fingerprint density at radius 1 is 1.26 bits per heavy atom.